The zero-order chi connectivity index (χ0) is 43.2. The van der Waals surface area contributed by atoms with Gasteiger partial charge in [-0.05, 0) is 12.8 Å². The Morgan fingerprint density at radius 1 is 0.213 bits per heavy atom. The van der Waals surface area contributed by atoms with E-state index in [0.29, 0.717) is 0 Å². The molecule has 0 aliphatic rings. The number of carboxylic acid groups (broad SMARTS) is 1. The van der Waals surface area contributed by atoms with Gasteiger partial charge in [0.15, 0.2) is 0 Å². The molecule has 0 amide bonds. The van der Waals surface area contributed by atoms with Gasteiger partial charge < -0.3 is 9.90 Å². The summed E-state index contributed by atoms with van der Waals surface area (Å²) >= 11 is 0. The third-order valence-corrected chi connectivity index (χ3v) is 14.0. The molecule has 61 heavy (non-hydrogen) atoms. The van der Waals surface area contributed by atoms with E-state index in [1.165, 1.54) is 340 Å². The summed E-state index contributed by atoms with van der Waals surface area (Å²) in [4.78, 5) is 10.4. The second-order valence-corrected chi connectivity index (χ2v) is 20.2. The van der Waals surface area contributed by atoms with Crippen molar-refractivity contribution in [1.82, 2.24) is 0 Å². The van der Waals surface area contributed by atoms with Crippen molar-refractivity contribution in [2.24, 2.45) is 0 Å². The van der Waals surface area contributed by atoms with Crippen molar-refractivity contribution in [2.75, 3.05) is 0 Å². The Kier molecular flexibility index (Phi) is 62.2. The topological polar surface area (TPSA) is 40.1 Å². The van der Waals surface area contributed by atoms with Gasteiger partial charge in [0, 0.05) is 5.97 Å². The summed E-state index contributed by atoms with van der Waals surface area (Å²) in [5, 5.41) is 10.4. The predicted octanol–water partition coefficient (Wildman–Crippen LogP) is 17.6. The first kappa shape index (κ1) is 63.2. The second-order valence-electron chi connectivity index (χ2n) is 20.2. The van der Waals surface area contributed by atoms with Gasteiger partial charge in [-0.3, -0.25) is 0 Å². The Labute approximate surface area is 399 Å². The van der Waals surface area contributed by atoms with Crippen molar-refractivity contribution in [1.29, 1.82) is 0 Å². The van der Waals surface area contributed by atoms with Crippen molar-refractivity contribution in [2.45, 2.75) is 366 Å². The van der Waals surface area contributed by atoms with Crippen LogP contribution in [0.5, 0.6) is 0 Å². The van der Waals surface area contributed by atoms with E-state index in [1.807, 2.05) is 0 Å². The molecule has 0 radical (unpaired) electrons. The molecule has 0 unspecified atom stereocenters. The first-order chi connectivity index (χ1) is 29.8. The Morgan fingerprint density at radius 3 is 0.410 bits per heavy atom. The van der Waals surface area contributed by atoms with E-state index in [-0.39, 0.29) is 25.3 Å². The van der Waals surface area contributed by atoms with Crippen LogP contribution in [0.25, 0.3) is 0 Å². The molecule has 0 aromatic carbocycles. The predicted molar refractivity (Wildman–Crippen MR) is 269 cm³/mol. The Bertz CT molecular complexity index is 754. The summed E-state index contributed by atoms with van der Waals surface area (Å²) in [5.41, 5.74) is 0. The van der Waals surface area contributed by atoms with E-state index in [2.05, 4.69) is 6.92 Å². The molecule has 0 rings (SSSR count). The van der Waals surface area contributed by atoms with Crippen molar-refractivity contribution in [3.05, 3.63) is 0 Å². The van der Waals surface area contributed by atoms with Gasteiger partial charge >= 0.3 is 18.9 Å². The minimum absolute atomic E-state index is 0. The van der Waals surface area contributed by atoms with Crippen LogP contribution in [0.4, 0.5) is 0 Å². The maximum absolute atomic E-state index is 10.4. The Balaban J connectivity index is 0. The number of carbonyl (C=O) groups is 1. The van der Waals surface area contributed by atoms with Crippen molar-refractivity contribution >= 4 is 5.97 Å². The number of carbonyl (C=O) groups excluding carboxylic acids is 1. The van der Waals surface area contributed by atoms with Crippen LogP contribution in [0.3, 0.4) is 0 Å². The fourth-order valence-electron chi connectivity index (χ4n) is 9.71. The fraction of sp³-hybridized carbons (Fsp3) is 0.983. The molecule has 0 aromatic rings. The average Bonchev–Trinajstić information content (AvgIpc) is 3.25. The molecule has 0 spiro atoms. The standard InChI is InChI=1S/C58H116O2.Li/c1-2-3-4-5-6-7-8-9-10-11-12-13-14-15-16-17-18-19-20-21-22-23-24-25-26-27-28-29-30-31-32-33-34-35-36-37-38-39-40-41-42-43-44-45-46-47-48-49-50-51-52-53-54-55-56-57-58(59)60;/h2-57H2,1H3,(H,59,60);/q;+1/p-1. The van der Waals surface area contributed by atoms with Gasteiger partial charge in [-0.15, -0.1) is 0 Å². The molecule has 0 fully saturated rings. The van der Waals surface area contributed by atoms with Gasteiger partial charge in [-0.25, -0.2) is 0 Å². The normalized spacial score (nSPS) is 11.4. The summed E-state index contributed by atoms with van der Waals surface area (Å²) in [7, 11) is 0. The Hall–Kier alpha value is 0.0674. The van der Waals surface area contributed by atoms with Crippen molar-refractivity contribution in [3.63, 3.8) is 0 Å². The van der Waals surface area contributed by atoms with Crippen LogP contribution >= 0.6 is 0 Å². The van der Waals surface area contributed by atoms with E-state index in [0.717, 1.165) is 12.8 Å². The van der Waals surface area contributed by atoms with E-state index in [1.54, 1.807) is 0 Å². The number of hydrogen-bond acceptors (Lipinski definition) is 2. The molecule has 0 heterocycles. The van der Waals surface area contributed by atoms with E-state index >= 15 is 0 Å². The summed E-state index contributed by atoms with van der Waals surface area (Å²) in [6.45, 7) is 2.31. The average molecular weight is 851 g/mol. The molecule has 0 N–H and O–H groups in total. The summed E-state index contributed by atoms with van der Waals surface area (Å²) < 4.78 is 0. The molecule has 0 saturated heterocycles. The maximum Gasteiger partial charge on any atom is 1.00 e. The van der Waals surface area contributed by atoms with Crippen LogP contribution in [-0.4, -0.2) is 5.97 Å². The molecular weight excluding hydrogens is 736 g/mol. The van der Waals surface area contributed by atoms with Gasteiger partial charge in [-0.2, -0.15) is 0 Å². The fourth-order valence-corrected chi connectivity index (χ4v) is 9.71. The molecule has 0 atom stereocenters. The number of aliphatic carboxylic acids is 1. The third-order valence-electron chi connectivity index (χ3n) is 14.0. The van der Waals surface area contributed by atoms with E-state index in [4.69, 9.17) is 0 Å². The molecule has 0 aliphatic heterocycles. The maximum atomic E-state index is 10.4. The molecule has 3 heteroatoms. The zero-order valence-electron chi connectivity index (χ0n) is 42.9. The van der Waals surface area contributed by atoms with Crippen LogP contribution < -0.4 is 24.0 Å². The summed E-state index contributed by atoms with van der Waals surface area (Å²) in [5.74, 6) is -0.896. The van der Waals surface area contributed by atoms with Gasteiger partial charge in [-0.1, -0.05) is 354 Å². The minimum Gasteiger partial charge on any atom is -0.550 e. The van der Waals surface area contributed by atoms with Gasteiger partial charge in [0.2, 0.25) is 0 Å². The van der Waals surface area contributed by atoms with E-state index < -0.39 is 5.97 Å². The van der Waals surface area contributed by atoms with Crippen LogP contribution in [0.15, 0.2) is 0 Å². The quantitative estimate of drug-likeness (QED) is 0.0452. The second kappa shape index (κ2) is 60.1. The largest absolute Gasteiger partial charge is 1.00 e. The zero-order valence-corrected chi connectivity index (χ0v) is 42.9. The molecule has 0 saturated carbocycles. The van der Waals surface area contributed by atoms with Crippen LogP contribution in [0, 0.1) is 0 Å². The van der Waals surface area contributed by atoms with Crippen molar-refractivity contribution in [3.8, 4) is 0 Å². The minimum atomic E-state index is -0.896. The number of hydrogen-bond donors (Lipinski definition) is 0. The number of carboxylic acids is 1. The van der Waals surface area contributed by atoms with Gasteiger partial charge in [0.25, 0.3) is 0 Å². The Morgan fingerprint density at radius 2 is 0.311 bits per heavy atom. The SMILES string of the molecule is CCCCCCCCCCCCCCCCCCCCCCCCCCCCCCCCCCCCCCCCCCCCCCCCCCCCCCCCCC(=O)[O-].[Li+]. The first-order valence-electron chi connectivity index (χ1n) is 29.0. The van der Waals surface area contributed by atoms with E-state index in [9.17, 15) is 9.90 Å². The van der Waals surface area contributed by atoms with Gasteiger partial charge in [0.1, 0.15) is 0 Å². The third kappa shape index (κ3) is 62.2. The smallest absolute Gasteiger partial charge is 0.550 e. The molecule has 0 aliphatic carbocycles. The molecular formula is C58H115LiO2. The molecule has 0 bridgehead atoms. The molecule has 0 aromatic heterocycles. The monoisotopic (exact) mass is 851 g/mol. The van der Waals surface area contributed by atoms with Crippen LogP contribution in [0.2, 0.25) is 0 Å². The summed E-state index contributed by atoms with van der Waals surface area (Å²) in [6, 6.07) is 0. The molecule has 360 valence electrons. The first-order valence-corrected chi connectivity index (χ1v) is 29.0. The number of rotatable bonds is 56. The molecule has 2 nitrogen and oxygen atoms in total. The number of unbranched alkanes of at least 4 members (excludes halogenated alkanes) is 54. The van der Waals surface area contributed by atoms with Gasteiger partial charge in [0.05, 0.1) is 0 Å². The van der Waals surface area contributed by atoms with Crippen LogP contribution in [-0.2, 0) is 4.79 Å². The van der Waals surface area contributed by atoms with Crippen LogP contribution in [0.1, 0.15) is 366 Å². The summed E-state index contributed by atoms with van der Waals surface area (Å²) in [6.07, 6.45) is 79.4. The van der Waals surface area contributed by atoms with Crippen molar-refractivity contribution < 1.29 is 28.8 Å².